The average Bonchev–Trinajstić information content (AvgIpc) is 3.54. The van der Waals surface area contributed by atoms with E-state index < -0.39 is 52.6 Å². The Bertz CT molecular complexity index is 2400. The van der Waals surface area contributed by atoms with E-state index in [1.165, 1.54) is 29.2 Å². The number of imide groups is 2. The molecule has 6 atom stereocenters. The molecule has 0 spiro atoms. The Labute approximate surface area is 316 Å². The number of hydrogen-bond acceptors (Lipinski definition) is 6. The Morgan fingerprint density at radius 2 is 1.49 bits per heavy atom. The summed E-state index contributed by atoms with van der Waals surface area (Å²) in [6.45, 7) is 0. The minimum atomic E-state index is -1.54. The van der Waals surface area contributed by atoms with E-state index in [1.807, 2.05) is 24.3 Å². The molecule has 3 fully saturated rings. The molecule has 5 aromatic carbocycles. The number of amides is 4. The number of aromatic hydroxyl groups is 1. The third-order valence-electron chi connectivity index (χ3n) is 11.6. The Morgan fingerprint density at radius 1 is 0.792 bits per heavy atom. The highest BCUT2D eigenvalue weighted by Crippen LogP contribution is 2.65. The van der Waals surface area contributed by atoms with E-state index in [9.17, 15) is 23.9 Å². The lowest BCUT2D eigenvalue weighted by Gasteiger charge is -2.51. The van der Waals surface area contributed by atoms with Gasteiger partial charge in [-0.3, -0.25) is 29.5 Å². The number of rotatable bonds is 5. The normalized spacial score (nSPS) is 26.4. The van der Waals surface area contributed by atoms with Crippen molar-refractivity contribution in [1.29, 1.82) is 0 Å². The van der Waals surface area contributed by atoms with Crippen LogP contribution in [0.4, 0.5) is 15.8 Å². The zero-order chi connectivity index (χ0) is 36.8. The number of anilines is 2. The highest BCUT2D eigenvalue weighted by Gasteiger charge is 2.70. The second-order valence-corrected chi connectivity index (χ2v) is 15.4. The molecule has 0 aromatic heterocycles. The average molecular weight is 791 g/mol. The number of phenolic OH excluding ortho intramolecular Hbond substituents is 1. The van der Waals surface area contributed by atoms with Crippen LogP contribution in [0.5, 0.6) is 5.75 Å². The van der Waals surface area contributed by atoms with Crippen LogP contribution in [0.25, 0.3) is 10.8 Å². The molecule has 11 heteroatoms. The van der Waals surface area contributed by atoms with Gasteiger partial charge in [0.05, 0.1) is 34.5 Å². The summed E-state index contributed by atoms with van der Waals surface area (Å²) >= 11 is 9.84. The Kier molecular flexibility index (Phi) is 7.83. The first-order chi connectivity index (χ1) is 25.6. The molecular weight excluding hydrogens is 761 g/mol. The lowest BCUT2D eigenvalue weighted by Crippen LogP contribution is -2.53. The van der Waals surface area contributed by atoms with Crippen molar-refractivity contribution in [2.75, 3.05) is 10.3 Å². The smallest absolute Gasteiger partial charge is 0.260 e. The molecule has 2 saturated heterocycles. The summed E-state index contributed by atoms with van der Waals surface area (Å²) in [5.41, 5.74) is 4.28. The molecule has 53 heavy (non-hydrogen) atoms. The number of hydrogen-bond donors (Lipinski definition) is 2. The van der Waals surface area contributed by atoms with Gasteiger partial charge in [0.1, 0.15) is 11.6 Å². The van der Waals surface area contributed by atoms with Crippen LogP contribution in [0.2, 0.25) is 5.02 Å². The van der Waals surface area contributed by atoms with E-state index in [0.29, 0.717) is 38.3 Å². The largest absolute Gasteiger partial charge is 0.507 e. The topological polar surface area (TPSA) is 107 Å². The second kappa shape index (κ2) is 12.4. The molecule has 8 nitrogen and oxygen atoms in total. The molecular formula is C42H30BrClFN3O5. The maximum Gasteiger partial charge on any atom is 0.260 e. The Morgan fingerprint density at radius 3 is 2.21 bits per heavy atom. The molecule has 4 aliphatic rings. The number of carbonyl (C=O) groups excluding carboxylic acids is 4. The van der Waals surface area contributed by atoms with E-state index in [-0.39, 0.29) is 30.4 Å². The SMILES string of the molecule is O=C1C2CC3C(=CCC4C(=O)N(c5ccc(Br)cc5)C(=O)C43)C(c3ccc(O)c4ccccc34)C2(c2ccc(Cl)cc2)C(=O)N1Nc1ccc(F)cc1. The van der Waals surface area contributed by atoms with Crippen LogP contribution < -0.4 is 10.3 Å². The van der Waals surface area contributed by atoms with Crippen LogP contribution in [0.15, 0.2) is 125 Å². The second-order valence-electron chi connectivity index (χ2n) is 14.1. The van der Waals surface area contributed by atoms with Crippen molar-refractivity contribution in [2.45, 2.75) is 24.2 Å². The highest BCUT2D eigenvalue weighted by atomic mass is 79.9. The fourth-order valence-electron chi connectivity index (χ4n) is 9.40. The van der Waals surface area contributed by atoms with Crippen LogP contribution in [0.1, 0.15) is 29.9 Å². The Balaban J connectivity index is 1.28. The zero-order valence-corrected chi connectivity index (χ0v) is 30.2. The number of allylic oxidation sites excluding steroid dienone is 2. The van der Waals surface area contributed by atoms with Gasteiger partial charge in [0.25, 0.3) is 11.8 Å². The van der Waals surface area contributed by atoms with Crippen molar-refractivity contribution in [3.05, 3.63) is 147 Å². The first-order valence-electron chi connectivity index (χ1n) is 17.3. The number of nitrogens with zero attached hydrogens (tertiary/aromatic N) is 2. The summed E-state index contributed by atoms with van der Waals surface area (Å²) in [7, 11) is 0. The van der Waals surface area contributed by atoms with Gasteiger partial charge in [0, 0.05) is 20.8 Å². The minimum absolute atomic E-state index is 0.0571. The third kappa shape index (κ3) is 4.92. The summed E-state index contributed by atoms with van der Waals surface area (Å²) in [5.74, 6) is -5.89. The fraction of sp³-hybridized carbons (Fsp3) is 0.190. The van der Waals surface area contributed by atoms with E-state index in [4.69, 9.17) is 11.6 Å². The van der Waals surface area contributed by atoms with Gasteiger partial charge in [-0.1, -0.05) is 81.6 Å². The number of benzene rings is 5. The van der Waals surface area contributed by atoms with Gasteiger partial charge in [-0.2, -0.15) is 5.01 Å². The third-order valence-corrected chi connectivity index (χ3v) is 12.4. The molecule has 5 aromatic rings. The van der Waals surface area contributed by atoms with Crippen molar-refractivity contribution in [1.82, 2.24) is 5.01 Å². The molecule has 2 heterocycles. The van der Waals surface area contributed by atoms with E-state index in [0.717, 1.165) is 15.1 Å². The van der Waals surface area contributed by atoms with E-state index >= 15 is 4.79 Å². The van der Waals surface area contributed by atoms with Gasteiger partial charge in [0.15, 0.2) is 0 Å². The fourth-order valence-corrected chi connectivity index (χ4v) is 9.79. The van der Waals surface area contributed by atoms with Crippen molar-refractivity contribution >= 4 is 73.3 Å². The van der Waals surface area contributed by atoms with Crippen LogP contribution in [0.3, 0.4) is 0 Å². The van der Waals surface area contributed by atoms with Gasteiger partial charge in [-0.15, -0.1) is 0 Å². The first-order valence-corrected chi connectivity index (χ1v) is 18.5. The molecule has 6 unspecified atom stereocenters. The quantitative estimate of drug-likeness (QED) is 0.137. The predicted molar refractivity (Wildman–Crippen MR) is 201 cm³/mol. The van der Waals surface area contributed by atoms with Gasteiger partial charge in [-0.25, -0.2) is 4.39 Å². The van der Waals surface area contributed by atoms with Crippen molar-refractivity contribution < 1.29 is 28.7 Å². The van der Waals surface area contributed by atoms with Gasteiger partial charge >= 0.3 is 0 Å². The van der Waals surface area contributed by atoms with Crippen LogP contribution in [-0.2, 0) is 24.6 Å². The molecule has 2 aliphatic heterocycles. The van der Waals surface area contributed by atoms with Crippen molar-refractivity contribution in [2.24, 2.45) is 23.7 Å². The summed E-state index contributed by atoms with van der Waals surface area (Å²) < 4.78 is 14.7. The molecule has 1 saturated carbocycles. The van der Waals surface area contributed by atoms with Crippen LogP contribution in [0, 0.1) is 29.5 Å². The minimum Gasteiger partial charge on any atom is -0.507 e. The molecule has 2 aliphatic carbocycles. The highest BCUT2D eigenvalue weighted by molar-refractivity contribution is 9.10. The lowest BCUT2D eigenvalue weighted by molar-refractivity contribution is -0.138. The molecule has 4 amide bonds. The number of fused-ring (bicyclic) bond motifs is 5. The number of hydrazine groups is 1. The predicted octanol–water partition coefficient (Wildman–Crippen LogP) is 8.29. The number of nitrogens with one attached hydrogen (secondary N) is 1. The summed E-state index contributed by atoms with van der Waals surface area (Å²) in [4.78, 5) is 60.2. The maximum absolute atomic E-state index is 15.4. The zero-order valence-electron chi connectivity index (χ0n) is 27.9. The van der Waals surface area contributed by atoms with E-state index in [2.05, 4.69) is 21.4 Å². The van der Waals surface area contributed by atoms with Crippen LogP contribution in [-0.4, -0.2) is 33.7 Å². The van der Waals surface area contributed by atoms with Crippen molar-refractivity contribution in [3.8, 4) is 5.75 Å². The van der Waals surface area contributed by atoms with Gasteiger partial charge < -0.3 is 5.11 Å². The molecule has 0 bridgehead atoms. The first kappa shape index (κ1) is 33.5. The summed E-state index contributed by atoms with van der Waals surface area (Å²) in [6.07, 6.45) is 2.37. The number of carbonyl (C=O) groups is 4. The summed E-state index contributed by atoms with van der Waals surface area (Å²) in [5, 5.41) is 13.7. The molecule has 2 N–H and O–H groups in total. The number of halogens is 3. The summed E-state index contributed by atoms with van der Waals surface area (Å²) in [6, 6.07) is 30.0. The lowest BCUT2D eigenvalue weighted by atomic mass is 9.49. The van der Waals surface area contributed by atoms with Gasteiger partial charge in [-0.05, 0) is 102 Å². The Hall–Kier alpha value is -5.32. The molecule has 9 rings (SSSR count). The molecule has 264 valence electrons. The monoisotopic (exact) mass is 789 g/mol. The maximum atomic E-state index is 15.4. The number of phenols is 1. The van der Waals surface area contributed by atoms with Crippen LogP contribution >= 0.6 is 27.5 Å². The van der Waals surface area contributed by atoms with E-state index in [1.54, 1.807) is 66.7 Å². The standard InChI is InChI=1S/C42H30BrClFN3O5/c43-23-7-15-27(16-8-23)47-38(50)32-18-17-31-33(36(32)40(47)52)21-34-39(51)48(46-26-13-11-25(45)12-14-26)41(53)42(34,22-5-9-24(44)10-6-22)37(31)30-19-20-35(49)29-4-2-1-3-28(29)30/h1-17,19-20,32-34,36-37,46,49H,18,21H2. The van der Waals surface area contributed by atoms with Gasteiger partial charge in [0.2, 0.25) is 11.8 Å². The molecule has 0 radical (unpaired) electrons. The van der Waals surface area contributed by atoms with Crippen molar-refractivity contribution in [3.63, 3.8) is 0 Å².